The van der Waals surface area contributed by atoms with Crippen LogP contribution in [0.3, 0.4) is 0 Å². The number of rotatable bonds is 3. The summed E-state index contributed by atoms with van der Waals surface area (Å²) in [5.74, 6) is 0.796. The maximum absolute atomic E-state index is 10.8. The summed E-state index contributed by atoms with van der Waals surface area (Å²) in [5.41, 5.74) is 1.26. The van der Waals surface area contributed by atoms with E-state index in [1.165, 1.54) is 12.1 Å². The summed E-state index contributed by atoms with van der Waals surface area (Å²) in [6, 6.07) is 4.97. The van der Waals surface area contributed by atoms with Crippen molar-refractivity contribution in [3.05, 3.63) is 34.5 Å². The van der Waals surface area contributed by atoms with Crippen molar-refractivity contribution in [2.24, 2.45) is 0 Å². The molecule has 3 rings (SSSR count). The smallest absolute Gasteiger partial charge is 0.271 e. The first kappa shape index (κ1) is 13.7. The SMILES string of the molecule is CN(c1cnc2cc([N+](=O)[O-])ccc2n1)[C@H]1CCCNC1. The molecule has 1 aromatic carbocycles. The van der Waals surface area contributed by atoms with Gasteiger partial charge < -0.3 is 10.2 Å². The Morgan fingerprint density at radius 3 is 3.00 bits per heavy atom. The maximum atomic E-state index is 10.8. The number of fused-ring (bicyclic) bond motifs is 1. The monoisotopic (exact) mass is 287 g/mol. The van der Waals surface area contributed by atoms with Crippen molar-refractivity contribution >= 4 is 22.5 Å². The molecule has 0 amide bonds. The summed E-state index contributed by atoms with van der Waals surface area (Å²) in [5, 5.41) is 14.1. The van der Waals surface area contributed by atoms with Crippen LogP contribution in [0.1, 0.15) is 12.8 Å². The molecule has 1 aromatic heterocycles. The summed E-state index contributed by atoms with van der Waals surface area (Å²) in [4.78, 5) is 21.3. The Morgan fingerprint density at radius 2 is 2.29 bits per heavy atom. The second-order valence-electron chi connectivity index (χ2n) is 5.27. The topological polar surface area (TPSA) is 84.2 Å². The Kier molecular flexibility index (Phi) is 3.66. The number of nitrogens with zero attached hydrogens (tertiary/aromatic N) is 4. The fourth-order valence-corrected chi connectivity index (χ4v) is 2.62. The lowest BCUT2D eigenvalue weighted by Gasteiger charge is -2.32. The third kappa shape index (κ3) is 2.78. The van der Waals surface area contributed by atoms with Gasteiger partial charge in [-0.25, -0.2) is 4.98 Å². The molecule has 1 fully saturated rings. The van der Waals surface area contributed by atoms with Crippen LogP contribution in [-0.2, 0) is 0 Å². The van der Waals surface area contributed by atoms with Gasteiger partial charge in [0.05, 0.1) is 22.2 Å². The summed E-state index contributed by atoms with van der Waals surface area (Å²) >= 11 is 0. The molecule has 1 atom stereocenters. The van der Waals surface area contributed by atoms with Gasteiger partial charge in [0.25, 0.3) is 5.69 Å². The van der Waals surface area contributed by atoms with Gasteiger partial charge in [-0.05, 0) is 25.5 Å². The molecule has 1 N–H and O–H groups in total. The Labute approximate surface area is 122 Å². The molecule has 21 heavy (non-hydrogen) atoms. The summed E-state index contributed by atoms with van der Waals surface area (Å²) < 4.78 is 0. The van der Waals surface area contributed by atoms with Crippen molar-refractivity contribution in [1.29, 1.82) is 0 Å². The molecule has 1 aliphatic rings. The molecule has 0 radical (unpaired) electrons. The van der Waals surface area contributed by atoms with Crippen LogP contribution in [0.5, 0.6) is 0 Å². The van der Waals surface area contributed by atoms with Gasteiger partial charge in [0.2, 0.25) is 0 Å². The zero-order valence-corrected chi connectivity index (χ0v) is 11.8. The van der Waals surface area contributed by atoms with E-state index in [-0.39, 0.29) is 5.69 Å². The third-order valence-corrected chi connectivity index (χ3v) is 3.90. The molecule has 110 valence electrons. The van der Waals surface area contributed by atoms with E-state index >= 15 is 0 Å². The van der Waals surface area contributed by atoms with E-state index in [0.29, 0.717) is 17.1 Å². The van der Waals surface area contributed by atoms with Gasteiger partial charge in [-0.3, -0.25) is 15.1 Å². The van der Waals surface area contributed by atoms with Crippen molar-refractivity contribution in [2.75, 3.05) is 25.0 Å². The summed E-state index contributed by atoms with van der Waals surface area (Å²) in [7, 11) is 2.01. The number of aromatic nitrogens is 2. The van der Waals surface area contributed by atoms with E-state index < -0.39 is 4.92 Å². The molecule has 0 spiro atoms. The lowest BCUT2D eigenvalue weighted by atomic mass is 10.1. The number of nitrogens with one attached hydrogen (secondary N) is 1. The molecule has 1 aliphatic heterocycles. The highest BCUT2D eigenvalue weighted by molar-refractivity contribution is 5.78. The number of benzene rings is 1. The summed E-state index contributed by atoms with van der Waals surface area (Å²) in [6.45, 7) is 2.01. The second-order valence-corrected chi connectivity index (χ2v) is 5.27. The summed E-state index contributed by atoms with van der Waals surface area (Å²) in [6.07, 6.45) is 3.96. The molecule has 2 aromatic rings. The van der Waals surface area contributed by atoms with Gasteiger partial charge in [0, 0.05) is 31.8 Å². The van der Waals surface area contributed by atoms with Crippen LogP contribution < -0.4 is 10.2 Å². The molecule has 7 nitrogen and oxygen atoms in total. The number of hydrogen-bond acceptors (Lipinski definition) is 6. The van der Waals surface area contributed by atoms with Gasteiger partial charge in [-0.1, -0.05) is 0 Å². The van der Waals surface area contributed by atoms with Crippen LogP contribution in [0.15, 0.2) is 24.4 Å². The van der Waals surface area contributed by atoms with E-state index in [1.54, 1.807) is 12.3 Å². The quantitative estimate of drug-likeness (QED) is 0.683. The minimum Gasteiger partial charge on any atom is -0.354 e. The average molecular weight is 287 g/mol. The first-order valence-corrected chi connectivity index (χ1v) is 7.00. The molecule has 2 heterocycles. The predicted molar refractivity (Wildman–Crippen MR) is 80.5 cm³/mol. The highest BCUT2D eigenvalue weighted by Gasteiger charge is 2.19. The number of non-ortho nitro benzene ring substituents is 1. The molecular weight excluding hydrogens is 270 g/mol. The lowest BCUT2D eigenvalue weighted by molar-refractivity contribution is -0.384. The number of anilines is 1. The number of piperidine rings is 1. The van der Waals surface area contributed by atoms with Gasteiger partial charge in [-0.2, -0.15) is 0 Å². The normalized spacial score (nSPS) is 18.6. The van der Waals surface area contributed by atoms with Crippen LogP contribution in [0.2, 0.25) is 0 Å². The second kappa shape index (κ2) is 5.61. The van der Waals surface area contributed by atoms with Crippen LogP contribution >= 0.6 is 0 Å². The molecule has 0 bridgehead atoms. The van der Waals surface area contributed by atoms with Crippen molar-refractivity contribution in [3.8, 4) is 0 Å². The number of hydrogen-bond donors (Lipinski definition) is 1. The number of nitro benzene ring substituents is 1. The molecule has 0 unspecified atom stereocenters. The molecular formula is C14H17N5O2. The number of nitro groups is 1. The standard InChI is InChI=1S/C14H17N5O2/c1-18(11-3-2-6-15-8-11)14-9-16-13-7-10(19(20)21)4-5-12(13)17-14/h4-5,7,9,11,15H,2-3,6,8H2,1H3/t11-/m0/s1. The Balaban J connectivity index is 1.89. The first-order valence-electron chi connectivity index (χ1n) is 7.00. The number of likely N-dealkylation sites (N-methyl/N-ethyl adjacent to an activating group) is 1. The maximum Gasteiger partial charge on any atom is 0.271 e. The highest BCUT2D eigenvalue weighted by Crippen LogP contribution is 2.22. The third-order valence-electron chi connectivity index (χ3n) is 3.90. The van der Waals surface area contributed by atoms with E-state index in [9.17, 15) is 10.1 Å². The van der Waals surface area contributed by atoms with Gasteiger partial charge in [0.1, 0.15) is 5.82 Å². The molecule has 0 aliphatic carbocycles. The molecule has 0 saturated carbocycles. The Bertz CT molecular complexity index is 669. The zero-order valence-electron chi connectivity index (χ0n) is 11.8. The largest absolute Gasteiger partial charge is 0.354 e. The van der Waals surface area contributed by atoms with E-state index in [4.69, 9.17) is 0 Å². The van der Waals surface area contributed by atoms with Crippen molar-refractivity contribution in [2.45, 2.75) is 18.9 Å². The van der Waals surface area contributed by atoms with Crippen molar-refractivity contribution < 1.29 is 4.92 Å². The van der Waals surface area contributed by atoms with Gasteiger partial charge in [-0.15, -0.1) is 0 Å². The van der Waals surface area contributed by atoms with E-state index in [1.807, 2.05) is 7.05 Å². The fourth-order valence-electron chi connectivity index (χ4n) is 2.62. The average Bonchev–Trinajstić information content (AvgIpc) is 2.54. The minimum atomic E-state index is -0.422. The van der Waals surface area contributed by atoms with E-state index in [2.05, 4.69) is 20.2 Å². The van der Waals surface area contributed by atoms with E-state index in [0.717, 1.165) is 31.7 Å². The molecule has 7 heteroatoms. The van der Waals surface area contributed by atoms with Crippen LogP contribution in [0, 0.1) is 10.1 Å². The lowest BCUT2D eigenvalue weighted by Crippen LogP contribution is -2.44. The first-order chi connectivity index (χ1) is 10.1. The van der Waals surface area contributed by atoms with Gasteiger partial charge >= 0.3 is 0 Å². The van der Waals surface area contributed by atoms with Crippen molar-refractivity contribution in [1.82, 2.24) is 15.3 Å². The van der Waals surface area contributed by atoms with Crippen LogP contribution in [0.4, 0.5) is 11.5 Å². The van der Waals surface area contributed by atoms with Crippen LogP contribution in [0.25, 0.3) is 11.0 Å². The van der Waals surface area contributed by atoms with Crippen molar-refractivity contribution in [3.63, 3.8) is 0 Å². The highest BCUT2D eigenvalue weighted by atomic mass is 16.6. The fraction of sp³-hybridized carbons (Fsp3) is 0.429. The molecule has 1 saturated heterocycles. The van der Waals surface area contributed by atoms with Crippen LogP contribution in [-0.4, -0.2) is 41.1 Å². The predicted octanol–water partition coefficient (Wildman–Crippen LogP) is 1.73. The zero-order chi connectivity index (χ0) is 14.8. The Hall–Kier alpha value is -2.28. The van der Waals surface area contributed by atoms with Gasteiger partial charge in [0.15, 0.2) is 0 Å². The Morgan fingerprint density at radius 1 is 1.43 bits per heavy atom. The minimum absolute atomic E-state index is 0.0365.